The predicted octanol–water partition coefficient (Wildman–Crippen LogP) is 8.61. The molecule has 0 aromatic heterocycles. The number of phosphoric acid groups is 1. The van der Waals surface area contributed by atoms with Crippen molar-refractivity contribution >= 4 is 13.7 Å². The molecule has 0 bridgehead atoms. The molecule has 3 unspecified atom stereocenters. The molecule has 0 aliphatic carbocycles. The number of aliphatic hydroxyl groups is 1. The van der Waals surface area contributed by atoms with Crippen molar-refractivity contribution in [3.8, 4) is 0 Å². The summed E-state index contributed by atoms with van der Waals surface area (Å²) in [7, 11) is 1.26. The number of hydrogen-bond donors (Lipinski definition) is 2. The van der Waals surface area contributed by atoms with Gasteiger partial charge in [-0.3, -0.25) is 9.36 Å². The minimum atomic E-state index is -4.56. The van der Waals surface area contributed by atoms with E-state index in [9.17, 15) is 19.4 Å². The minimum absolute atomic E-state index is 0.000822. The molecular weight excluding hydrogens is 587 g/mol. The Hall–Kier alpha value is -0.760. The Labute approximate surface area is 278 Å². The second-order valence-corrected chi connectivity index (χ2v) is 15.3. The molecule has 0 heterocycles. The molecular formula is C36H73N2O6P. The lowest BCUT2D eigenvalue weighted by Crippen LogP contribution is -2.45. The summed E-state index contributed by atoms with van der Waals surface area (Å²) < 4.78 is 22.9. The molecule has 45 heavy (non-hydrogen) atoms. The lowest BCUT2D eigenvalue weighted by Gasteiger charge is -2.29. The normalized spacial score (nSPS) is 14.9. The summed E-state index contributed by atoms with van der Waals surface area (Å²) in [6, 6.07) is -0.876. The van der Waals surface area contributed by atoms with Crippen molar-refractivity contribution in [2.24, 2.45) is 0 Å². The van der Waals surface area contributed by atoms with Crippen LogP contribution in [0.4, 0.5) is 0 Å². The highest BCUT2D eigenvalue weighted by atomic mass is 31.2. The van der Waals surface area contributed by atoms with Crippen molar-refractivity contribution in [2.75, 3.05) is 40.9 Å². The number of quaternary nitrogens is 1. The van der Waals surface area contributed by atoms with Gasteiger partial charge in [-0.05, 0) is 19.3 Å². The molecule has 0 rings (SSSR count). The average molecular weight is 661 g/mol. The van der Waals surface area contributed by atoms with Crippen LogP contribution >= 0.6 is 7.82 Å². The third-order valence-corrected chi connectivity index (χ3v) is 9.21. The van der Waals surface area contributed by atoms with Gasteiger partial charge in [0.2, 0.25) is 5.91 Å². The van der Waals surface area contributed by atoms with E-state index in [0.29, 0.717) is 17.4 Å². The summed E-state index contributed by atoms with van der Waals surface area (Å²) in [6.07, 6.45) is 30.0. The topological polar surface area (TPSA) is 108 Å². The zero-order valence-electron chi connectivity index (χ0n) is 30.1. The van der Waals surface area contributed by atoms with E-state index in [1.807, 2.05) is 27.2 Å². The molecule has 0 fully saturated rings. The maximum Gasteiger partial charge on any atom is 0.268 e. The van der Waals surface area contributed by atoms with Gasteiger partial charge in [0, 0.05) is 6.42 Å². The highest BCUT2D eigenvalue weighted by Crippen LogP contribution is 2.38. The van der Waals surface area contributed by atoms with E-state index >= 15 is 0 Å². The van der Waals surface area contributed by atoms with Crippen molar-refractivity contribution in [1.82, 2.24) is 5.32 Å². The lowest BCUT2D eigenvalue weighted by molar-refractivity contribution is -0.870. The number of nitrogens with zero attached hydrogens (tertiary/aromatic N) is 1. The Morgan fingerprint density at radius 3 is 1.67 bits per heavy atom. The van der Waals surface area contributed by atoms with Crippen molar-refractivity contribution in [2.45, 2.75) is 174 Å². The fraction of sp³-hybridized carbons (Fsp3) is 0.917. The van der Waals surface area contributed by atoms with E-state index in [4.69, 9.17) is 9.05 Å². The molecule has 3 atom stereocenters. The van der Waals surface area contributed by atoms with Crippen molar-refractivity contribution in [3.63, 3.8) is 0 Å². The fourth-order valence-corrected chi connectivity index (χ4v) is 5.93. The highest BCUT2D eigenvalue weighted by Gasteiger charge is 2.23. The molecule has 0 aromatic carbocycles. The SMILES string of the molecule is CCCCCCCCCCCCCCCCCC/C=C/C(O)C(COP(=O)([O-])OCC[N+](C)(C)C)NC(=O)CCCCCCC. The van der Waals surface area contributed by atoms with Gasteiger partial charge in [-0.1, -0.05) is 148 Å². The number of phosphoric ester groups is 1. The number of rotatable bonds is 33. The van der Waals surface area contributed by atoms with E-state index in [-0.39, 0.29) is 19.1 Å². The molecule has 0 aliphatic heterocycles. The zero-order valence-corrected chi connectivity index (χ0v) is 31.0. The van der Waals surface area contributed by atoms with E-state index in [1.165, 1.54) is 89.9 Å². The van der Waals surface area contributed by atoms with Gasteiger partial charge in [-0.2, -0.15) is 0 Å². The molecule has 0 saturated carbocycles. The van der Waals surface area contributed by atoms with Crippen LogP contribution in [0.3, 0.4) is 0 Å². The second kappa shape index (κ2) is 29.4. The predicted molar refractivity (Wildman–Crippen MR) is 187 cm³/mol. The molecule has 1 amide bonds. The number of allylic oxidation sites excluding steroid dienone is 1. The van der Waals surface area contributed by atoms with Crippen LogP contribution in [0.1, 0.15) is 162 Å². The van der Waals surface area contributed by atoms with Crippen LogP contribution in [0, 0.1) is 0 Å². The Kier molecular flexibility index (Phi) is 28.9. The molecule has 0 radical (unpaired) electrons. The van der Waals surface area contributed by atoms with Crippen molar-refractivity contribution < 1.29 is 32.9 Å². The third-order valence-electron chi connectivity index (χ3n) is 8.25. The number of carbonyl (C=O) groups excluding carboxylic acids is 1. The highest BCUT2D eigenvalue weighted by molar-refractivity contribution is 7.45. The maximum atomic E-state index is 12.6. The number of nitrogens with one attached hydrogen (secondary N) is 1. The zero-order chi connectivity index (χ0) is 33.7. The monoisotopic (exact) mass is 661 g/mol. The summed E-state index contributed by atoms with van der Waals surface area (Å²) in [5.41, 5.74) is 0. The van der Waals surface area contributed by atoms with Crippen LogP contribution in [-0.4, -0.2) is 68.5 Å². The largest absolute Gasteiger partial charge is 0.756 e. The minimum Gasteiger partial charge on any atom is -0.756 e. The number of aliphatic hydroxyl groups excluding tert-OH is 1. The van der Waals surface area contributed by atoms with Gasteiger partial charge in [-0.25, -0.2) is 0 Å². The molecule has 0 aromatic rings. The van der Waals surface area contributed by atoms with Crippen molar-refractivity contribution in [3.05, 3.63) is 12.2 Å². The van der Waals surface area contributed by atoms with Gasteiger partial charge >= 0.3 is 0 Å². The first-order valence-corrected chi connectivity index (χ1v) is 20.0. The Morgan fingerprint density at radius 1 is 0.756 bits per heavy atom. The molecule has 0 spiro atoms. The summed E-state index contributed by atoms with van der Waals surface area (Å²) in [4.78, 5) is 24.9. The molecule has 2 N–H and O–H groups in total. The van der Waals surface area contributed by atoms with Gasteiger partial charge in [0.1, 0.15) is 13.2 Å². The average Bonchev–Trinajstić information content (AvgIpc) is 2.97. The number of carbonyl (C=O) groups is 1. The van der Waals surface area contributed by atoms with Gasteiger partial charge < -0.3 is 28.8 Å². The van der Waals surface area contributed by atoms with E-state index in [0.717, 1.165) is 51.4 Å². The van der Waals surface area contributed by atoms with Crippen LogP contribution < -0.4 is 10.2 Å². The van der Waals surface area contributed by atoms with Gasteiger partial charge in [-0.15, -0.1) is 0 Å². The van der Waals surface area contributed by atoms with E-state index in [1.54, 1.807) is 6.08 Å². The molecule has 268 valence electrons. The van der Waals surface area contributed by atoms with E-state index in [2.05, 4.69) is 19.2 Å². The summed E-state index contributed by atoms with van der Waals surface area (Å²) in [5, 5.41) is 13.6. The first kappa shape index (κ1) is 44.2. The van der Waals surface area contributed by atoms with E-state index < -0.39 is 20.0 Å². The smallest absolute Gasteiger partial charge is 0.268 e. The molecule has 8 nitrogen and oxygen atoms in total. The van der Waals surface area contributed by atoms with Gasteiger partial charge in [0.25, 0.3) is 7.82 Å². The van der Waals surface area contributed by atoms with Crippen LogP contribution in [0.2, 0.25) is 0 Å². The van der Waals surface area contributed by atoms with Crippen molar-refractivity contribution in [1.29, 1.82) is 0 Å². The maximum absolute atomic E-state index is 12.6. The van der Waals surface area contributed by atoms with Gasteiger partial charge in [0.05, 0.1) is 39.9 Å². The standard InChI is InChI=1S/C36H73N2O6P/c1-6-8-10-12-13-14-15-16-17-18-19-20-21-22-23-24-26-27-29-35(39)34(37-36(40)30-28-25-11-9-7-2)33-44-45(41,42)43-32-31-38(3,4)5/h27,29,34-35,39H,6-26,28,30-33H2,1-5H3,(H-,37,40,41,42)/b29-27+. The summed E-state index contributed by atoms with van der Waals surface area (Å²) >= 11 is 0. The third kappa shape index (κ3) is 31.6. The fourth-order valence-electron chi connectivity index (χ4n) is 5.21. The number of amides is 1. The molecule has 9 heteroatoms. The lowest BCUT2D eigenvalue weighted by atomic mass is 10.0. The summed E-state index contributed by atoms with van der Waals surface area (Å²) in [6.45, 7) is 4.54. The Bertz CT molecular complexity index is 758. The second-order valence-electron chi connectivity index (χ2n) is 13.9. The van der Waals surface area contributed by atoms with Crippen LogP contribution in [0.5, 0.6) is 0 Å². The van der Waals surface area contributed by atoms with Gasteiger partial charge in [0.15, 0.2) is 0 Å². The van der Waals surface area contributed by atoms with Crippen LogP contribution in [0.15, 0.2) is 12.2 Å². The first-order chi connectivity index (χ1) is 21.5. The Balaban J connectivity index is 4.33. The quantitative estimate of drug-likeness (QED) is 0.0316. The Morgan fingerprint density at radius 2 is 1.20 bits per heavy atom. The number of unbranched alkanes of at least 4 members (excludes halogenated alkanes) is 20. The number of likely N-dealkylation sites (N-methyl/N-ethyl adjacent to an activating group) is 1. The summed E-state index contributed by atoms with van der Waals surface area (Å²) in [5.74, 6) is -0.211. The van der Waals surface area contributed by atoms with Crippen LogP contribution in [0.25, 0.3) is 0 Å². The first-order valence-electron chi connectivity index (χ1n) is 18.6. The molecule has 0 aliphatic rings. The van der Waals surface area contributed by atoms with Crippen LogP contribution in [-0.2, 0) is 18.4 Å². The molecule has 0 saturated heterocycles. The number of hydrogen-bond acceptors (Lipinski definition) is 6.